The molecule has 0 fully saturated rings. The third kappa shape index (κ3) is 2.74. The van der Waals surface area contributed by atoms with Crippen molar-refractivity contribution in [2.75, 3.05) is 13.3 Å². The maximum atomic E-state index is 5.87. The largest absolute Gasteiger partial charge is 0.454 e. The molecule has 0 spiro atoms. The van der Waals surface area contributed by atoms with Crippen LogP contribution >= 0.6 is 0 Å². The fraction of sp³-hybridized carbons (Fsp3) is 0.267. The first-order valence-electron chi connectivity index (χ1n) is 6.47. The summed E-state index contributed by atoms with van der Waals surface area (Å²) in [7, 11) is 0. The van der Waals surface area contributed by atoms with Gasteiger partial charge < -0.3 is 19.9 Å². The highest BCUT2D eigenvalue weighted by molar-refractivity contribution is 5.44. The van der Waals surface area contributed by atoms with Gasteiger partial charge in [0.15, 0.2) is 11.5 Å². The molecule has 2 N–H and O–H groups in total. The summed E-state index contributed by atoms with van der Waals surface area (Å²) < 4.78 is 16.5. The van der Waals surface area contributed by atoms with E-state index in [0.29, 0.717) is 13.2 Å². The average Bonchev–Trinajstić information content (AvgIpc) is 2.96. The number of fused-ring (bicyclic) bond motifs is 1. The lowest BCUT2D eigenvalue weighted by molar-refractivity contribution is 0.0455. The number of nitrogens with two attached hydrogens (primary N) is 1. The van der Waals surface area contributed by atoms with E-state index in [4.69, 9.17) is 19.9 Å². The predicted molar refractivity (Wildman–Crippen MR) is 73.4 cm³/mol. The molecule has 2 heterocycles. The summed E-state index contributed by atoms with van der Waals surface area (Å²) >= 11 is 0. The van der Waals surface area contributed by atoms with Crippen LogP contribution in [0.25, 0.3) is 0 Å². The second-order valence-electron chi connectivity index (χ2n) is 4.50. The predicted octanol–water partition coefficient (Wildman–Crippen LogP) is 2.03. The Labute approximate surface area is 117 Å². The summed E-state index contributed by atoms with van der Waals surface area (Å²) in [6.45, 7) is 1.18. The summed E-state index contributed by atoms with van der Waals surface area (Å²) in [5.74, 6) is 1.54. The first-order chi connectivity index (χ1) is 9.86. The van der Waals surface area contributed by atoms with E-state index in [-0.39, 0.29) is 12.9 Å². The van der Waals surface area contributed by atoms with Gasteiger partial charge in [-0.15, -0.1) is 0 Å². The van der Waals surface area contributed by atoms with Crippen LogP contribution in [0.1, 0.15) is 17.2 Å². The smallest absolute Gasteiger partial charge is 0.231 e. The minimum absolute atomic E-state index is 0.136. The maximum Gasteiger partial charge on any atom is 0.231 e. The first-order valence-corrected chi connectivity index (χ1v) is 6.47. The van der Waals surface area contributed by atoms with Gasteiger partial charge in [-0.2, -0.15) is 0 Å². The van der Waals surface area contributed by atoms with Crippen LogP contribution in [-0.2, 0) is 11.3 Å². The van der Waals surface area contributed by atoms with Gasteiger partial charge in [0.25, 0.3) is 0 Å². The second kappa shape index (κ2) is 5.90. The van der Waals surface area contributed by atoms with Crippen LogP contribution in [-0.4, -0.2) is 18.3 Å². The molecule has 20 heavy (non-hydrogen) atoms. The number of benzene rings is 1. The van der Waals surface area contributed by atoms with Crippen molar-refractivity contribution in [3.8, 4) is 11.5 Å². The molecular formula is C15H16N2O3. The molecule has 1 aliphatic heterocycles. The quantitative estimate of drug-likeness (QED) is 0.902. The highest BCUT2D eigenvalue weighted by Crippen LogP contribution is 2.33. The van der Waals surface area contributed by atoms with Crippen LogP contribution in [0.15, 0.2) is 42.7 Å². The van der Waals surface area contributed by atoms with Gasteiger partial charge in [-0.25, -0.2) is 0 Å². The van der Waals surface area contributed by atoms with Gasteiger partial charge in [0.05, 0.1) is 12.7 Å². The summed E-state index contributed by atoms with van der Waals surface area (Å²) in [4.78, 5) is 3.99. The van der Waals surface area contributed by atoms with Crippen molar-refractivity contribution in [2.45, 2.75) is 12.7 Å². The summed E-state index contributed by atoms with van der Waals surface area (Å²) in [6.07, 6.45) is 3.34. The zero-order valence-corrected chi connectivity index (χ0v) is 11.0. The Kier molecular flexibility index (Phi) is 3.80. The molecule has 5 nitrogen and oxygen atoms in total. The van der Waals surface area contributed by atoms with Crippen LogP contribution < -0.4 is 15.2 Å². The lowest BCUT2D eigenvalue weighted by Crippen LogP contribution is -2.15. The lowest BCUT2D eigenvalue weighted by atomic mass is 10.1. The number of ether oxygens (including phenoxy) is 3. The van der Waals surface area contributed by atoms with Gasteiger partial charge in [0, 0.05) is 18.9 Å². The van der Waals surface area contributed by atoms with E-state index in [1.165, 1.54) is 0 Å². The molecule has 0 saturated heterocycles. The van der Waals surface area contributed by atoms with Gasteiger partial charge in [0.2, 0.25) is 6.79 Å². The van der Waals surface area contributed by atoms with Crippen molar-refractivity contribution in [1.82, 2.24) is 4.98 Å². The van der Waals surface area contributed by atoms with Crippen molar-refractivity contribution in [1.29, 1.82) is 0 Å². The van der Waals surface area contributed by atoms with Crippen LogP contribution in [0.5, 0.6) is 11.5 Å². The summed E-state index contributed by atoms with van der Waals surface area (Å²) in [5.41, 5.74) is 7.83. The standard InChI is InChI=1S/C15H16N2O3/c16-8-15(12-3-5-17-6-4-12)18-9-11-1-2-13-14(7-11)20-10-19-13/h1-7,15H,8-10,16H2. The zero-order chi connectivity index (χ0) is 13.8. The molecule has 0 amide bonds. The zero-order valence-electron chi connectivity index (χ0n) is 11.0. The van der Waals surface area contributed by atoms with Crippen molar-refractivity contribution >= 4 is 0 Å². The Balaban J connectivity index is 1.66. The molecule has 2 aromatic rings. The highest BCUT2D eigenvalue weighted by atomic mass is 16.7. The Morgan fingerprint density at radius 2 is 1.95 bits per heavy atom. The summed E-state index contributed by atoms with van der Waals surface area (Å²) in [5, 5.41) is 0. The van der Waals surface area contributed by atoms with Gasteiger partial charge in [-0.1, -0.05) is 6.07 Å². The molecule has 1 unspecified atom stereocenters. The van der Waals surface area contributed by atoms with E-state index in [1.54, 1.807) is 12.4 Å². The third-order valence-corrected chi connectivity index (χ3v) is 3.18. The molecule has 0 aliphatic carbocycles. The number of aromatic nitrogens is 1. The van der Waals surface area contributed by atoms with E-state index in [9.17, 15) is 0 Å². The van der Waals surface area contributed by atoms with Crippen LogP contribution in [0.2, 0.25) is 0 Å². The Morgan fingerprint density at radius 1 is 1.15 bits per heavy atom. The van der Waals surface area contributed by atoms with Gasteiger partial charge >= 0.3 is 0 Å². The van der Waals surface area contributed by atoms with Crippen molar-refractivity contribution in [3.63, 3.8) is 0 Å². The molecule has 1 aromatic carbocycles. The van der Waals surface area contributed by atoms with Gasteiger partial charge in [-0.3, -0.25) is 4.98 Å². The normalized spacial score (nSPS) is 14.2. The minimum atomic E-state index is -0.136. The Hall–Kier alpha value is -2.11. The number of hydrogen-bond donors (Lipinski definition) is 1. The summed E-state index contributed by atoms with van der Waals surface area (Å²) in [6, 6.07) is 9.62. The van der Waals surface area contributed by atoms with E-state index in [2.05, 4.69) is 4.98 Å². The molecule has 0 radical (unpaired) electrons. The van der Waals surface area contributed by atoms with E-state index < -0.39 is 0 Å². The fourth-order valence-electron chi connectivity index (χ4n) is 2.11. The van der Waals surface area contributed by atoms with Crippen molar-refractivity contribution < 1.29 is 14.2 Å². The molecule has 0 bridgehead atoms. The minimum Gasteiger partial charge on any atom is -0.454 e. The first kappa shape index (κ1) is 12.9. The Morgan fingerprint density at radius 3 is 2.75 bits per heavy atom. The molecule has 104 valence electrons. The van der Waals surface area contributed by atoms with Crippen LogP contribution in [0, 0.1) is 0 Å². The lowest BCUT2D eigenvalue weighted by Gasteiger charge is -2.16. The van der Waals surface area contributed by atoms with Crippen LogP contribution in [0.4, 0.5) is 0 Å². The van der Waals surface area contributed by atoms with Crippen molar-refractivity contribution in [2.24, 2.45) is 5.73 Å². The topological polar surface area (TPSA) is 66.6 Å². The maximum absolute atomic E-state index is 5.87. The molecule has 5 heteroatoms. The van der Waals surface area contributed by atoms with E-state index in [0.717, 1.165) is 22.6 Å². The molecule has 3 rings (SSSR count). The number of nitrogens with zero attached hydrogens (tertiary/aromatic N) is 1. The number of rotatable bonds is 5. The molecule has 1 aromatic heterocycles. The molecular weight excluding hydrogens is 256 g/mol. The molecule has 1 aliphatic rings. The third-order valence-electron chi connectivity index (χ3n) is 3.18. The van der Waals surface area contributed by atoms with Crippen molar-refractivity contribution in [3.05, 3.63) is 53.9 Å². The highest BCUT2D eigenvalue weighted by Gasteiger charge is 2.14. The molecule has 0 saturated carbocycles. The van der Waals surface area contributed by atoms with E-state index in [1.807, 2.05) is 30.3 Å². The fourth-order valence-corrected chi connectivity index (χ4v) is 2.11. The van der Waals surface area contributed by atoms with Crippen LogP contribution in [0.3, 0.4) is 0 Å². The van der Waals surface area contributed by atoms with Gasteiger partial charge in [-0.05, 0) is 35.4 Å². The Bertz CT molecular complexity index is 575. The number of pyridine rings is 1. The molecule has 1 atom stereocenters. The number of hydrogen-bond acceptors (Lipinski definition) is 5. The average molecular weight is 272 g/mol. The van der Waals surface area contributed by atoms with Gasteiger partial charge in [0.1, 0.15) is 0 Å². The monoisotopic (exact) mass is 272 g/mol. The van der Waals surface area contributed by atoms with E-state index >= 15 is 0 Å². The SMILES string of the molecule is NCC(OCc1ccc2c(c1)OCO2)c1ccncc1. The second-order valence-corrected chi connectivity index (χ2v) is 4.50.